The van der Waals surface area contributed by atoms with Crippen LogP contribution < -0.4 is 0 Å². The van der Waals surface area contributed by atoms with Gasteiger partial charge in [-0.3, -0.25) is 4.99 Å². The van der Waals surface area contributed by atoms with Crippen molar-refractivity contribution in [3.8, 4) is 12.3 Å². The van der Waals surface area contributed by atoms with E-state index in [2.05, 4.69) is 10.9 Å². The fourth-order valence-corrected chi connectivity index (χ4v) is 0.630. The first-order chi connectivity index (χ1) is 3.84. The Morgan fingerprint density at radius 2 is 2.62 bits per heavy atom. The van der Waals surface area contributed by atoms with Gasteiger partial charge in [0.25, 0.3) is 0 Å². The minimum atomic E-state index is 0.361. The molecule has 0 saturated carbocycles. The van der Waals surface area contributed by atoms with E-state index < -0.39 is 0 Å². The summed E-state index contributed by atoms with van der Waals surface area (Å²) >= 11 is 0. The molecule has 0 fully saturated rings. The van der Waals surface area contributed by atoms with Crippen molar-refractivity contribution in [3.63, 3.8) is 0 Å². The molecule has 0 bridgehead atoms. The summed E-state index contributed by atoms with van der Waals surface area (Å²) in [7, 11) is 0. The highest BCUT2D eigenvalue weighted by Gasteiger charge is 2.06. The van der Waals surface area contributed by atoms with E-state index in [-0.39, 0.29) is 0 Å². The Bertz CT molecular complexity index is 181. The van der Waals surface area contributed by atoms with Gasteiger partial charge in [0.1, 0.15) is 0 Å². The van der Waals surface area contributed by atoms with Crippen LogP contribution in [0.2, 0.25) is 0 Å². The summed E-state index contributed by atoms with van der Waals surface area (Å²) in [5.41, 5.74) is 0.838. The van der Waals surface area contributed by atoms with Gasteiger partial charge in [0, 0.05) is 12.1 Å². The second-order valence-corrected chi connectivity index (χ2v) is 1.79. The first-order valence-electron chi connectivity index (χ1n) is 2.55. The third-order valence-electron chi connectivity index (χ3n) is 1.17. The van der Waals surface area contributed by atoms with Crippen LogP contribution in [-0.4, -0.2) is 5.71 Å². The third-order valence-corrected chi connectivity index (χ3v) is 1.17. The second kappa shape index (κ2) is 1.83. The number of terminal acetylenes is 1. The van der Waals surface area contributed by atoms with Crippen molar-refractivity contribution >= 4 is 5.71 Å². The second-order valence-electron chi connectivity index (χ2n) is 1.79. The van der Waals surface area contributed by atoms with Crippen molar-refractivity contribution in [2.24, 2.45) is 10.9 Å². The molecule has 0 radical (unpaired) electrons. The van der Waals surface area contributed by atoms with E-state index in [0.29, 0.717) is 5.92 Å². The fourth-order valence-electron chi connectivity index (χ4n) is 0.630. The van der Waals surface area contributed by atoms with Crippen LogP contribution in [0.25, 0.3) is 0 Å². The van der Waals surface area contributed by atoms with E-state index in [1.54, 1.807) is 6.20 Å². The van der Waals surface area contributed by atoms with Crippen molar-refractivity contribution in [2.45, 2.75) is 6.92 Å². The van der Waals surface area contributed by atoms with Gasteiger partial charge >= 0.3 is 0 Å². The number of hydrogen-bond acceptors (Lipinski definition) is 1. The number of aliphatic imine (C=N–C) groups is 1. The topological polar surface area (TPSA) is 12.4 Å². The molecule has 0 aromatic rings. The highest BCUT2D eigenvalue weighted by Crippen LogP contribution is 2.07. The van der Waals surface area contributed by atoms with E-state index in [1.807, 2.05) is 13.0 Å². The number of allylic oxidation sites excluding steroid dienone is 1. The van der Waals surface area contributed by atoms with Crippen LogP contribution in [0, 0.1) is 18.3 Å². The Morgan fingerprint density at radius 1 is 1.88 bits per heavy atom. The number of nitrogens with zero attached hydrogens (tertiary/aromatic N) is 1. The van der Waals surface area contributed by atoms with Crippen LogP contribution in [0.5, 0.6) is 0 Å². The van der Waals surface area contributed by atoms with Gasteiger partial charge < -0.3 is 0 Å². The molecule has 1 nitrogen and oxygen atoms in total. The van der Waals surface area contributed by atoms with E-state index in [4.69, 9.17) is 6.42 Å². The molecule has 0 amide bonds. The normalized spacial score (nSPS) is 25.0. The molecule has 1 atom stereocenters. The lowest BCUT2D eigenvalue weighted by atomic mass is 10.1. The molecule has 1 aliphatic heterocycles. The summed E-state index contributed by atoms with van der Waals surface area (Å²) in [5, 5.41) is 0. The number of rotatable bonds is 0. The molecule has 0 saturated heterocycles. The summed E-state index contributed by atoms with van der Waals surface area (Å²) in [5.74, 6) is 2.86. The van der Waals surface area contributed by atoms with Gasteiger partial charge in [0.2, 0.25) is 0 Å². The molecule has 40 valence electrons. The zero-order chi connectivity index (χ0) is 5.98. The van der Waals surface area contributed by atoms with E-state index in [0.717, 1.165) is 5.71 Å². The average molecular weight is 105 g/mol. The lowest BCUT2D eigenvalue weighted by Gasteiger charge is -1.93. The lowest BCUT2D eigenvalue weighted by Crippen LogP contribution is -1.99. The zero-order valence-electron chi connectivity index (χ0n) is 4.76. The highest BCUT2D eigenvalue weighted by molar-refractivity contribution is 6.03. The Morgan fingerprint density at radius 3 is 2.88 bits per heavy atom. The predicted octanol–water partition coefficient (Wildman–Crippen LogP) is 1.22. The molecule has 0 aromatic carbocycles. The fraction of sp³-hybridized carbons (Fsp3) is 0.286. The van der Waals surface area contributed by atoms with Crippen molar-refractivity contribution < 1.29 is 0 Å². The van der Waals surface area contributed by atoms with Gasteiger partial charge in [0.15, 0.2) is 0 Å². The van der Waals surface area contributed by atoms with Crippen LogP contribution in [-0.2, 0) is 0 Å². The average Bonchev–Trinajstić information content (AvgIpc) is 2.14. The Kier molecular flexibility index (Phi) is 1.17. The van der Waals surface area contributed by atoms with Crippen LogP contribution in [0.1, 0.15) is 6.92 Å². The largest absolute Gasteiger partial charge is 0.252 e. The molecule has 8 heavy (non-hydrogen) atoms. The van der Waals surface area contributed by atoms with Gasteiger partial charge in [-0.1, -0.05) is 18.9 Å². The maximum atomic E-state index is 5.10. The van der Waals surface area contributed by atoms with Gasteiger partial charge in [-0.2, -0.15) is 0 Å². The Labute approximate surface area is 49.1 Å². The molecule has 1 heterocycles. The SMILES string of the molecule is C#CC1=NC=C[C@@H]1C. The molecule has 0 unspecified atom stereocenters. The summed E-state index contributed by atoms with van der Waals surface area (Å²) in [6.07, 6.45) is 8.83. The molecular formula is C7H7N. The summed E-state index contributed by atoms with van der Waals surface area (Å²) < 4.78 is 0. The first-order valence-corrected chi connectivity index (χ1v) is 2.55. The maximum absolute atomic E-state index is 5.10. The van der Waals surface area contributed by atoms with Crippen LogP contribution in [0.15, 0.2) is 17.3 Å². The minimum Gasteiger partial charge on any atom is -0.252 e. The van der Waals surface area contributed by atoms with E-state index >= 15 is 0 Å². The van der Waals surface area contributed by atoms with Gasteiger partial charge in [-0.05, 0) is 0 Å². The van der Waals surface area contributed by atoms with Crippen molar-refractivity contribution in [1.29, 1.82) is 0 Å². The molecule has 1 aliphatic rings. The quantitative estimate of drug-likeness (QED) is 0.411. The first kappa shape index (κ1) is 5.11. The molecule has 1 heteroatoms. The van der Waals surface area contributed by atoms with E-state index in [1.165, 1.54) is 0 Å². The Hall–Kier alpha value is -1.03. The predicted molar refractivity (Wildman–Crippen MR) is 34.6 cm³/mol. The van der Waals surface area contributed by atoms with Crippen molar-refractivity contribution in [3.05, 3.63) is 12.3 Å². The van der Waals surface area contributed by atoms with E-state index in [9.17, 15) is 0 Å². The zero-order valence-corrected chi connectivity index (χ0v) is 4.76. The molecular weight excluding hydrogens is 98.1 g/mol. The highest BCUT2D eigenvalue weighted by atomic mass is 14.7. The van der Waals surface area contributed by atoms with Gasteiger partial charge in [-0.25, -0.2) is 0 Å². The number of hydrogen-bond donors (Lipinski definition) is 0. The summed E-state index contributed by atoms with van der Waals surface area (Å²) in [6, 6.07) is 0. The van der Waals surface area contributed by atoms with Crippen molar-refractivity contribution in [1.82, 2.24) is 0 Å². The molecule has 0 aliphatic carbocycles. The van der Waals surface area contributed by atoms with Gasteiger partial charge in [0.05, 0.1) is 5.71 Å². The Balaban J connectivity index is 2.77. The molecule has 1 rings (SSSR count). The van der Waals surface area contributed by atoms with Crippen LogP contribution in [0.4, 0.5) is 0 Å². The van der Waals surface area contributed by atoms with Crippen LogP contribution >= 0.6 is 0 Å². The maximum Gasteiger partial charge on any atom is 0.0962 e. The third kappa shape index (κ3) is 0.651. The smallest absolute Gasteiger partial charge is 0.0962 e. The standard InChI is InChI=1S/C7H7N/c1-3-7-6(2)4-5-8-7/h1,4-6H,2H3/t6-/m0/s1. The van der Waals surface area contributed by atoms with Crippen molar-refractivity contribution in [2.75, 3.05) is 0 Å². The monoisotopic (exact) mass is 105 g/mol. The minimum absolute atomic E-state index is 0.361. The lowest BCUT2D eigenvalue weighted by molar-refractivity contribution is 1.03. The molecule has 0 N–H and O–H groups in total. The summed E-state index contributed by atoms with van der Waals surface area (Å²) in [6.45, 7) is 2.03. The summed E-state index contributed by atoms with van der Waals surface area (Å²) in [4.78, 5) is 3.94. The van der Waals surface area contributed by atoms with Gasteiger partial charge in [-0.15, -0.1) is 6.42 Å². The molecule has 0 aromatic heterocycles. The van der Waals surface area contributed by atoms with Crippen LogP contribution in [0.3, 0.4) is 0 Å². The molecule has 0 spiro atoms.